The van der Waals surface area contributed by atoms with Crippen molar-refractivity contribution < 1.29 is 8.42 Å². The summed E-state index contributed by atoms with van der Waals surface area (Å²) in [5.41, 5.74) is 6.03. The zero-order chi connectivity index (χ0) is 14.9. The van der Waals surface area contributed by atoms with Gasteiger partial charge in [0.2, 0.25) is 0 Å². The highest BCUT2D eigenvalue weighted by Crippen LogP contribution is 2.33. The van der Waals surface area contributed by atoms with Gasteiger partial charge in [0.25, 0.3) is 10.0 Å². The number of rotatable bonds is 3. The molecule has 0 saturated carbocycles. The van der Waals surface area contributed by atoms with Gasteiger partial charge in [0.05, 0.1) is 5.69 Å². The Hall–Kier alpha value is -0.640. The SMILES string of the molecule is Nc1ncc(Br)cc1S(=O)(=O)Nc1c(Br)cccc1Br. The van der Waals surface area contributed by atoms with Crippen LogP contribution in [0.15, 0.2) is 48.8 Å². The molecule has 0 radical (unpaired) electrons. The minimum Gasteiger partial charge on any atom is -0.383 e. The summed E-state index contributed by atoms with van der Waals surface area (Å²) in [5, 5.41) is 0. The first-order valence-electron chi connectivity index (χ1n) is 5.19. The molecule has 2 aromatic rings. The van der Waals surface area contributed by atoms with Crippen molar-refractivity contribution in [1.82, 2.24) is 4.98 Å². The number of halogens is 3. The van der Waals surface area contributed by atoms with Crippen LogP contribution in [0.4, 0.5) is 11.5 Å². The number of nitrogens with zero attached hydrogens (tertiary/aromatic N) is 1. The monoisotopic (exact) mass is 483 g/mol. The number of nitrogens with one attached hydrogen (secondary N) is 1. The summed E-state index contributed by atoms with van der Waals surface area (Å²) in [6, 6.07) is 6.63. The summed E-state index contributed by atoms with van der Waals surface area (Å²) in [5.74, 6) is -0.0659. The van der Waals surface area contributed by atoms with E-state index in [1.807, 2.05) is 0 Å². The zero-order valence-electron chi connectivity index (χ0n) is 9.77. The van der Waals surface area contributed by atoms with Crippen LogP contribution in [0, 0.1) is 0 Å². The maximum Gasteiger partial charge on any atom is 0.265 e. The normalized spacial score (nSPS) is 11.3. The highest BCUT2D eigenvalue weighted by atomic mass is 79.9. The number of nitrogens with two attached hydrogens (primary N) is 1. The van der Waals surface area contributed by atoms with Gasteiger partial charge in [-0.25, -0.2) is 13.4 Å². The standard InChI is InChI=1S/C11H8Br3N3O2S/c12-6-4-9(11(15)16-5-6)20(18,19)17-10-7(13)2-1-3-8(10)14/h1-5,17H,(H2,15,16). The molecule has 0 bridgehead atoms. The van der Waals surface area contributed by atoms with E-state index in [1.54, 1.807) is 18.2 Å². The Kier molecular flexibility index (Phi) is 4.73. The molecule has 20 heavy (non-hydrogen) atoms. The molecule has 0 aliphatic rings. The van der Waals surface area contributed by atoms with E-state index >= 15 is 0 Å². The molecule has 0 unspecified atom stereocenters. The van der Waals surface area contributed by atoms with Crippen molar-refractivity contribution >= 4 is 69.3 Å². The average Bonchev–Trinajstić information content (AvgIpc) is 2.37. The number of anilines is 2. The molecule has 0 aliphatic heterocycles. The van der Waals surface area contributed by atoms with Gasteiger partial charge >= 0.3 is 0 Å². The zero-order valence-corrected chi connectivity index (χ0v) is 15.3. The van der Waals surface area contributed by atoms with Crippen LogP contribution in [0.5, 0.6) is 0 Å². The molecule has 0 amide bonds. The van der Waals surface area contributed by atoms with Crippen molar-refractivity contribution in [3.63, 3.8) is 0 Å². The minimum atomic E-state index is -3.84. The summed E-state index contributed by atoms with van der Waals surface area (Å²) < 4.78 is 29.0. The quantitative estimate of drug-likeness (QED) is 0.693. The topological polar surface area (TPSA) is 85.1 Å². The molecule has 0 fully saturated rings. The lowest BCUT2D eigenvalue weighted by Gasteiger charge is -2.12. The van der Waals surface area contributed by atoms with Crippen LogP contribution in [0.25, 0.3) is 0 Å². The third-order valence-electron chi connectivity index (χ3n) is 2.34. The molecule has 0 spiro atoms. The van der Waals surface area contributed by atoms with Gasteiger partial charge in [0, 0.05) is 19.6 Å². The van der Waals surface area contributed by atoms with Gasteiger partial charge in [-0.3, -0.25) is 4.72 Å². The lowest BCUT2D eigenvalue weighted by molar-refractivity contribution is 0.601. The molecular formula is C11H8Br3N3O2S. The Bertz CT molecular complexity index is 745. The van der Waals surface area contributed by atoms with Crippen LogP contribution in [0.3, 0.4) is 0 Å². The van der Waals surface area contributed by atoms with Gasteiger partial charge in [-0.05, 0) is 66.0 Å². The second-order valence-electron chi connectivity index (χ2n) is 3.74. The molecule has 106 valence electrons. The first kappa shape index (κ1) is 15.7. The molecule has 0 saturated heterocycles. The summed E-state index contributed by atoms with van der Waals surface area (Å²) in [4.78, 5) is 3.73. The third-order valence-corrected chi connectivity index (χ3v) is 5.47. The van der Waals surface area contributed by atoms with Crippen LogP contribution in [-0.4, -0.2) is 13.4 Å². The van der Waals surface area contributed by atoms with Crippen LogP contribution < -0.4 is 10.5 Å². The highest BCUT2D eigenvalue weighted by Gasteiger charge is 2.21. The van der Waals surface area contributed by atoms with Crippen LogP contribution >= 0.6 is 47.8 Å². The van der Waals surface area contributed by atoms with Crippen LogP contribution in [-0.2, 0) is 10.0 Å². The number of hydrogen-bond acceptors (Lipinski definition) is 4. The second-order valence-corrected chi connectivity index (χ2v) is 8.01. The second kappa shape index (κ2) is 6.00. The number of nitrogen functional groups attached to an aromatic ring is 1. The first-order chi connectivity index (χ1) is 9.31. The molecule has 2 rings (SSSR count). The number of hydrogen-bond donors (Lipinski definition) is 2. The average molecular weight is 486 g/mol. The molecule has 1 heterocycles. The van der Waals surface area contributed by atoms with Crippen molar-refractivity contribution in [2.24, 2.45) is 0 Å². The summed E-state index contributed by atoms with van der Waals surface area (Å²) in [6.45, 7) is 0. The molecule has 5 nitrogen and oxygen atoms in total. The van der Waals surface area contributed by atoms with Crippen molar-refractivity contribution in [1.29, 1.82) is 0 Å². The maximum atomic E-state index is 12.4. The highest BCUT2D eigenvalue weighted by molar-refractivity contribution is 9.11. The largest absolute Gasteiger partial charge is 0.383 e. The van der Waals surface area contributed by atoms with Crippen molar-refractivity contribution in [2.75, 3.05) is 10.5 Å². The lowest BCUT2D eigenvalue weighted by Crippen LogP contribution is -2.16. The van der Waals surface area contributed by atoms with E-state index in [1.165, 1.54) is 12.3 Å². The molecule has 0 atom stereocenters. The van der Waals surface area contributed by atoms with E-state index in [4.69, 9.17) is 5.73 Å². The molecule has 1 aromatic heterocycles. The molecule has 3 N–H and O–H groups in total. The molecule has 1 aromatic carbocycles. The first-order valence-corrected chi connectivity index (χ1v) is 9.05. The third kappa shape index (κ3) is 3.33. The molecular weight excluding hydrogens is 478 g/mol. The van der Waals surface area contributed by atoms with E-state index in [9.17, 15) is 8.42 Å². The predicted octanol–water partition coefficient (Wildman–Crippen LogP) is 3.75. The van der Waals surface area contributed by atoms with Gasteiger partial charge in [-0.1, -0.05) is 6.07 Å². The molecule has 9 heteroatoms. The Morgan fingerprint density at radius 3 is 2.35 bits per heavy atom. The Balaban J connectivity index is 2.49. The van der Waals surface area contributed by atoms with Gasteiger partial charge in [-0.2, -0.15) is 0 Å². The summed E-state index contributed by atoms with van der Waals surface area (Å²) in [7, 11) is -3.84. The van der Waals surface area contributed by atoms with Crippen molar-refractivity contribution in [2.45, 2.75) is 4.90 Å². The smallest absolute Gasteiger partial charge is 0.265 e. The van der Waals surface area contributed by atoms with Crippen LogP contribution in [0.2, 0.25) is 0 Å². The number of aromatic nitrogens is 1. The fourth-order valence-electron chi connectivity index (χ4n) is 1.43. The fourth-order valence-corrected chi connectivity index (χ4v) is 4.58. The van der Waals surface area contributed by atoms with E-state index < -0.39 is 10.0 Å². The number of pyridine rings is 1. The van der Waals surface area contributed by atoms with Crippen molar-refractivity contribution in [3.05, 3.63) is 43.9 Å². The summed E-state index contributed by atoms with van der Waals surface area (Å²) >= 11 is 9.76. The number of sulfonamides is 1. The van der Waals surface area contributed by atoms with Crippen molar-refractivity contribution in [3.8, 4) is 0 Å². The minimum absolute atomic E-state index is 0.0659. The van der Waals surface area contributed by atoms with E-state index in [2.05, 4.69) is 57.5 Å². The van der Waals surface area contributed by atoms with Gasteiger partial charge in [-0.15, -0.1) is 0 Å². The Morgan fingerprint density at radius 1 is 1.15 bits per heavy atom. The maximum absolute atomic E-state index is 12.4. The van der Waals surface area contributed by atoms with Gasteiger partial charge in [0.15, 0.2) is 0 Å². The van der Waals surface area contributed by atoms with E-state index in [0.29, 0.717) is 19.1 Å². The Morgan fingerprint density at radius 2 is 1.75 bits per heavy atom. The van der Waals surface area contributed by atoms with Gasteiger partial charge in [0.1, 0.15) is 10.7 Å². The van der Waals surface area contributed by atoms with Gasteiger partial charge < -0.3 is 5.73 Å². The number of benzene rings is 1. The van der Waals surface area contributed by atoms with E-state index in [-0.39, 0.29) is 10.7 Å². The number of para-hydroxylation sites is 1. The lowest BCUT2D eigenvalue weighted by atomic mass is 10.3. The predicted molar refractivity (Wildman–Crippen MR) is 89.0 cm³/mol. The molecule has 0 aliphatic carbocycles. The summed E-state index contributed by atoms with van der Waals surface area (Å²) in [6.07, 6.45) is 1.43. The van der Waals surface area contributed by atoms with E-state index in [0.717, 1.165) is 0 Å². The van der Waals surface area contributed by atoms with Crippen LogP contribution in [0.1, 0.15) is 0 Å². The Labute approximate surface area is 141 Å². The fraction of sp³-hybridized carbons (Fsp3) is 0.